The van der Waals surface area contributed by atoms with Gasteiger partial charge in [0, 0.05) is 17.5 Å². The molecule has 0 amide bonds. The molecule has 0 aliphatic carbocycles. The van der Waals surface area contributed by atoms with Crippen LogP contribution in [0, 0.1) is 0 Å². The number of amidine groups is 1. The van der Waals surface area contributed by atoms with Gasteiger partial charge in [-0.15, -0.1) is 0 Å². The third-order valence-corrected chi connectivity index (χ3v) is 3.43. The number of fused-ring (bicyclic) bond motifs is 3. The topological polar surface area (TPSA) is 56.1 Å². The van der Waals surface area contributed by atoms with Crippen LogP contribution < -0.4 is 4.90 Å². The summed E-state index contributed by atoms with van der Waals surface area (Å²) in [6.07, 6.45) is 0. The van der Waals surface area contributed by atoms with Crippen LogP contribution in [-0.4, -0.2) is 28.5 Å². The average molecular weight is 208 g/mol. The first kappa shape index (κ1) is 7.99. The predicted molar refractivity (Wildman–Crippen MR) is 55.3 cm³/mol. The fourth-order valence-electron chi connectivity index (χ4n) is 1.68. The Morgan fingerprint density at radius 1 is 1.29 bits per heavy atom. The minimum atomic E-state index is -0.0718. The SMILES string of the molecule is Oc1cc2c(cc1O)N1CCN=C1S2. The molecule has 0 spiro atoms. The van der Waals surface area contributed by atoms with Gasteiger partial charge in [0.15, 0.2) is 16.7 Å². The van der Waals surface area contributed by atoms with Crippen molar-refractivity contribution in [2.45, 2.75) is 4.90 Å². The van der Waals surface area contributed by atoms with Gasteiger partial charge >= 0.3 is 0 Å². The number of aliphatic imine (C=N–C) groups is 1. The minimum Gasteiger partial charge on any atom is -0.504 e. The first-order chi connectivity index (χ1) is 6.75. The molecule has 1 aromatic carbocycles. The Hall–Kier alpha value is -1.36. The third kappa shape index (κ3) is 0.928. The van der Waals surface area contributed by atoms with Gasteiger partial charge in [0.25, 0.3) is 0 Å². The molecule has 1 aromatic rings. The Labute approximate surface area is 84.9 Å². The molecule has 0 atom stereocenters. The molecule has 72 valence electrons. The van der Waals surface area contributed by atoms with E-state index in [1.165, 1.54) is 11.8 Å². The lowest BCUT2D eigenvalue weighted by atomic mass is 10.2. The molecule has 2 aliphatic rings. The lowest BCUT2D eigenvalue weighted by molar-refractivity contribution is 0.402. The number of nitrogens with zero attached hydrogens (tertiary/aromatic N) is 2. The molecule has 0 saturated heterocycles. The van der Waals surface area contributed by atoms with Gasteiger partial charge in [0.1, 0.15) is 0 Å². The fourth-order valence-corrected chi connectivity index (χ4v) is 2.77. The molecule has 0 fully saturated rings. The van der Waals surface area contributed by atoms with E-state index in [0.717, 1.165) is 28.8 Å². The molecule has 0 radical (unpaired) electrons. The highest BCUT2D eigenvalue weighted by molar-refractivity contribution is 8.14. The van der Waals surface area contributed by atoms with E-state index in [4.69, 9.17) is 0 Å². The number of phenolic OH excluding ortho intramolecular Hbond substituents is 2. The highest BCUT2D eigenvalue weighted by Gasteiger charge is 2.30. The molecule has 3 rings (SSSR count). The van der Waals surface area contributed by atoms with Crippen LogP contribution >= 0.6 is 11.8 Å². The summed E-state index contributed by atoms with van der Waals surface area (Å²) in [4.78, 5) is 7.33. The number of thioether (sulfide) groups is 1. The Kier molecular flexibility index (Phi) is 1.47. The maximum atomic E-state index is 9.38. The van der Waals surface area contributed by atoms with E-state index in [9.17, 15) is 10.2 Å². The van der Waals surface area contributed by atoms with Gasteiger partial charge in [0.2, 0.25) is 0 Å². The van der Waals surface area contributed by atoms with Gasteiger partial charge in [-0.3, -0.25) is 4.99 Å². The molecular weight excluding hydrogens is 200 g/mol. The maximum absolute atomic E-state index is 9.38. The number of benzene rings is 1. The van der Waals surface area contributed by atoms with Gasteiger partial charge in [0.05, 0.1) is 12.2 Å². The van der Waals surface area contributed by atoms with Gasteiger partial charge in [-0.05, 0) is 17.8 Å². The van der Waals surface area contributed by atoms with E-state index in [1.807, 2.05) is 0 Å². The normalized spacial score (nSPS) is 18.0. The zero-order chi connectivity index (χ0) is 9.71. The monoisotopic (exact) mass is 208 g/mol. The van der Waals surface area contributed by atoms with Crippen molar-refractivity contribution in [2.75, 3.05) is 18.0 Å². The third-order valence-electron chi connectivity index (χ3n) is 2.35. The van der Waals surface area contributed by atoms with Crippen molar-refractivity contribution < 1.29 is 10.2 Å². The molecule has 5 heteroatoms. The van der Waals surface area contributed by atoms with Gasteiger partial charge < -0.3 is 15.1 Å². The zero-order valence-corrected chi connectivity index (χ0v) is 8.08. The van der Waals surface area contributed by atoms with Crippen molar-refractivity contribution >= 4 is 22.6 Å². The fraction of sp³-hybridized carbons (Fsp3) is 0.222. The second-order valence-electron chi connectivity index (χ2n) is 3.23. The summed E-state index contributed by atoms with van der Waals surface area (Å²) in [6.45, 7) is 1.67. The Morgan fingerprint density at radius 2 is 2.07 bits per heavy atom. The summed E-state index contributed by atoms with van der Waals surface area (Å²) in [6, 6.07) is 3.17. The van der Waals surface area contributed by atoms with Crippen molar-refractivity contribution in [1.29, 1.82) is 0 Å². The number of rotatable bonds is 0. The van der Waals surface area contributed by atoms with Gasteiger partial charge in [-0.25, -0.2) is 0 Å². The summed E-state index contributed by atoms with van der Waals surface area (Å²) >= 11 is 1.53. The first-order valence-corrected chi connectivity index (χ1v) is 5.13. The summed E-state index contributed by atoms with van der Waals surface area (Å²) < 4.78 is 0. The minimum absolute atomic E-state index is 0.0713. The van der Waals surface area contributed by atoms with E-state index in [0.29, 0.717) is 0 Å². The molecule has 2 aliphatic heterocycles. The Bertz CT molecular complexity index is 445. The zero-order valence-electron chi connectivity index (χ0n) is 7.27. The molecule has 0 saturated carbocycles. The largest absolute Gasteiger partial charge is 0.504 e. The highest BCUT2D eigenvalue weighted by atomic mass is 32.2. The second-order valence-corrected chi connectivity index (χ2v) is 4.24. The average Bonchev–Trinajstić information content (AvgIpc) is 2.68. The Balaban J connectivity index is 2.17. The quantitative estimate of drug-likeness (QED) is 0.632. The van der Waals surface area contributed by atoms with E-state index < -0.39 is 0 Å². The van der Waals surface area contributed by atoms with E-state index >= 15 is 0 Å². The number of anilines is 1. The van der Waals surface area contributed by atoms with Crippen LogP contribution in [0.4, 0.5) is 5.69 Å². The lowest BCUT2D eigenvalue weighted by Crippen LogP contribution is -2.20. The molecular formula is C9H8N2O2S. The van der Waals surface area contributed by atoms with Crippen LogP contribution in [0.15, 0.2) is 22.0 Å². The van der Waals surface area contributed by atoms with E-state index in [1.54, 1.807) is 12.1 Å². The number of aromatic hydroxyl groups is 2. The summed E-state index contributed by atoms with van der Waals surface area (Å²) in [7, 11) is 0. The standard InChI is InChI=1S/C9H8N2O2S/c12-6-3-5-8(4-7(6)13)14-9-10-1-2-11(5)9/h3-4,12-13H,1-2H2. The summed E-state index contributed by atoms with van der Waals surface area (Å²) in [5.41, 5.74) is 0.946. The molecule has 14 heavy (non-hydrogen) atoms. The van der Waals surface area contributed by atoms with E-state index in [2.05, 4.69) is 9.89 Å². The van der Waals surface area contributed by atoms with E-state index in [-0.39, 0.29) is 11.5 Å². The van der Waals surface area contributed by atoms with Crippen molar-refractivity contribution in [3.8, 4) is 11.5 Å². The van der Waals surface area contributed by atoms with Crippen LogP contribution in [0.25, 0.3) is 0 Å². The number of phenols is 2. The summed E-state index contributed by atoms with van der Waals surface area (Å²) in [5, 5.41) is 19.7. The van der Waals surface area contributed by atoms with Crippen LogP contribution in [-0.2, 0) is 0 Å². The van der Waals surface area contributed by atoms with Crippen LogP contribution in [0.1, 0.15) is 0 Å². The van der Waals surface area contributed by atoms with Crippen LogP contribution in [0.5, 0.6) is 11.5 Å². The predicted octanol–water partition coefficient (Wildman–Crippen LogP) is 1.38. The van der Waals surface area contributed by atoms with Crippen molar-refractivity contribution in [2.24, 2.45) is 4.99 Å². The smallest absolute Gasteiger partial charge is 0.168 e. The summed E-state index contributed by atoms with van der Waals surface area (Å²) in [5.74, 6) is -0.143. The first-order valence-electron chi connectivity index (χ1n) is 4.31. The molecule has 4 nitrogen and oxygen atoms in total. The van der Waals surface area contributed by atoms with Crippen molar-refractivity contribution in [3.05, 3.63) is 12.1 Å². The van der Waals surface area contributed by atoms with Gasteiger partial charge in [-0.1, -0.05) is 0 Å². The molecule has 0 unspecified atom stereocenters. The molecule has 0 aromatic heterocycles. The second kappa shape index (κ2) is 2.57. The van der Waals surface area contributed by atoms with Crippen LogP contribution in [0.3, 0.4) is 0 Å². The van der Waals surface area contributed by atoms with Crippen molar-refractivity contribution in [1.82, 2.24) is 0 Å². The van der Waals surface area contributed by atoms with Crippen LogP contribution in [0.2, 0.25) is 0 Å². The lowest BCUT2D eigenvalue weighted by Gasteiger charge is -2.12. The maximum Gasteiger partial charge on any atom is 0.168 e. The number of hydrogen-bond donors (Lipinski definition) is 2. The van der Waals surface area contributed by atoms with Crippen molar-refractivity contribution in [3.63, 3.8) is 0 Å². The molecule has 0 bridgehead atoms. The number of hydrogen-bond acceptors (Lipinski definition) is 5. The molecule has 2 N–H and O–H groups in total. The highest BCUT2D eigenvalue weighted by Crippen LogP contribution is 2.46. The molecule has 2 heterocycles. The van der Waals surface area contributed by atoms with Gasteiger partial charge in [-0.2, -0.15) is 0 Å². The Morgan fingerprint density at radius 3 is 2.93 bits per heavy atom.